The van der Waals surface area contributed by atoms with Gasteiger partial charge in [0.2, 0.25) is 5.78 Å². The molecule has 2 aromatic heterocycles. The summed E-state index contributed by atoms with van der Waals surface area (Å²) in [6.07, 6.45) is 3.40. The van der Waals surface area contributed by atoms with Crippen LogP contribution in [-0.2, 0) is 0 Å². The number of anilines is 1. The van der Waals surface area contributed by atoms with Crippen LogP contribution < -0.4 is 10.6 Å². The largest absolute Gasteiger partial charge is 0.356 e. The smallest absolute Gasteiger partial charge is 0.223 e. The number of pyridine rings is 1. The molecule has 1 N–H and O–H groups in total. The van der Waals surface area contributed by atoms with Gasteiger partial charge in [0.25, 0.3) is 0 Å². The number of halogens is 1. The molecule has 7 heteroatoms. The summed E-state index contributed by atoms with van der Waals surface area (Å²) in [5.41, 5.74) is 9.04. The summed E-state index contributed by atoms with van der Waals surface area (Å²) < 4.78 is 0.788. The molecule has 5 nitrogen and oxygen atoms in total. The summed E-state index contributed by atoms with van der Waals surface area (Å²) in [4.78, 5) is 23.5. The van der Waals surface area contributed by atoms with E-state index in [2.05, 4.69) is 30.8 Å². The second-order valence-electron chi connectivity index (χ2n) is 5.39. The molecule has 0 spiro atoms. The molecule has 2 aromatic rings. The lowest BCUT2D eigenvalue weighted by Crippen LogP contribution is -2.36. The van der Waals surface area contributed by atoms with Crippen LogP contribution in [0.5, 0.6) is 0 Å². The zero-order valence-corrected chi connectivity index (χ0v) is 14.6. The lowest BCUT2D eigenvalue weighted by molar-refractivity contribution is 0.103. The Labute approximate surface area is 141 Å². The minimum Gasteiger partial charge on any atom is -0.356 e. The number of ketones is 1. The predicted molar refractivity (Wildman–Crippen MR) is 90.6 cm³/mol. The Morgan fingerprint density at radius 1 is 1.45 bits per heavy atom. The molecule has 0 bridgehead atoms. The molecule has 1 radical (unpaired) electrons. The van der Waals surface area contributed by atoms with Gasteiger partial charge in [-0.3, -0.25) is 15.5 Å². The zero-order valence-electron chi connectivity index (χ0n) is 12.2. The number of rotatable bonds is 3. The number of carbonyl (C=O) groups is 1. The van der Waals surface area contributed by atoms with Crippen LogP contribution in [0.15, 0.2) is 22.1 Å². The third-order valence-electron chi connectivity index (χ3n) is 3.80. The number of nitrogens with one attached hydrogen (secondary N) is 1. The summed E-state index contributed by atoms with van der Waals surface area (Å²) in [7, 11) is 0. The Hall–Kier alpha value is -1.31. The Morgan fingerprint density at radius 2 is 2.18 bits per heavy atom. The molecular formula is C15H16BrN4OS. The van der Waals surface area contributed by atoms with E-state index < -0.39 is 0 Å². The predicted octanol–water partition coefficient (Wildman–Crippen LogP) is 3.09. The Morgan fingerprint density at radius 3 is 2.91 bits per heavy atom. The fourth-order valence-electron chi connectivity index (χ4n) is 2.48. The first-order chi connectivity index (χ1) is 10.5. The first-order valence-corrected chi connectivity index (χ1v) is 8.80. The van der Waals surface area contributed by atoms with Crippen LogP contribution in [0.4, 0.5) is 5.82 Å². The molecule has 22 heavy (non-hydrogen) atoms. The van der Waals surface area contributed by atoms with Crippen molar-refractivity contribution in [2.24, 2.45) is 0 Å². The molecule has 0 unspecified atom stereocenters. The molecule has 1 aliphatic heterocycles. The van der Waals surface area contributed by atoms with Crippen molar-refractivity contribution in [1.29, 1.82) is 0 Å². The van der Waals surface area contributed by atoms with E-state index in [4.69, 9.17) is 5.73 Å². The van der Waals surface area contributed by atoms with Crippen molar-refractivity contribution in [2.45, 2.75) is 25.8 Å². The second-order valence-corrected chi connectivity index (χ2v) is 7.16. The van der Waals surface area contributed by atoms with Gasteiger partial charge in [0.15, 0.2) is 5.01 Å². The highest BCUT2D eigenvalue weighted by Crippen LogP contribution is 2.25. The van der Waals surface area contributed by atoms with Gasteiger partial charge in [0.1, 0.15) is 5.82 Å². The molecule has 0 amide bonds. The van der Waals surface area contributed by atoms with Gasteiger partial charge in [0, 0.05) is 46.4 Å². The summed E-state index contributed by atoms with van der Waals surface area (Å²) in [6.45, 7) is 3.50. The van der Waals surface area contributed by atoms with Crippen LogP contribution in [0.2, 0.25) is 0 Å². The fourth-order valence-corrected chi connectivity index (χ4v) is 3.59. The molecule has 0 aliphatic carbocycles. The minimum atomic E-state index is -0.0853. The highest BCUT2D eigenvalue weighted by Gasteiger charge is 2.22. The number of thiazole rings is 1. The van der Waals surface area contributed by atoms with Crippen molar-refractivity contribution in [3.05, 3.63) is 38.4 Å². The molecule has 3 rings (SSSR count). The highest BCUT2D eigenvalue weighted by atomic mass is 79.9. The number of aryl methyl sites for hydroxylation is 1. The van der Waals surface area contributed by atoms with Crippen LogP contribution in [0, 0.1) is 6.92 Å². The van der Waals surface area contributed by atoms with Crippen molar-refractivity contribution in [3.8, 4) is 0 Å². The quantitative estimate of drug-likeness (QED) is 0.768. The van der Waals surface area contributed by atoms with Crippen molar-refractivity contribution < 1.29 is 4.79 Å². The van der Waals surface area contributed by atoms with Gasteiger partial charge < -0.3 is 4.90 Å². The van der Waals surface area contributed by atoms with E-state index in [1.165, 1.54) is 11.3 Å². The number of aromatic nitrogens is 2. The topological polar surface area (TPSA) is 69.9 Å². The van der Waals surface area contributed by atoms with Crippen LogP contribution in [0.25, 0.3) is 0 Å². The zero-order chi connectivity index (χ0) is 15.7. The minimum absolute atomic E-state index is 0.0337. The maximum absolute atomic E-state index is 12.6. The van der Waals surface area contributed by atoms with Gasteiger partial charge in [-0.1, -0.05) is 0 Å². The van der Waals surface area contributed by atoms with Gasteiger partial charge in [-0.15, -0.1) is 11.3 Å². The molecule has 0 aromatic carbocycles. The lowest BCUT2D eigenvalue weighted by Gasteiger charge is -2.29. The van der Waals surface area contributed by atoms with Crippen LogP contribution >= 0.6 is 27.3 Å². The number of nitrogens with zero attached hydrogens (tertiary/aromatic N) is 3. The molecule has 1 fully saturated rings. The molecule has 1 saturated heterocycles. The number of hydrogen-bond acceptors (Lipinski definition) is 5. The van der Waals surface area contributed by atoms with Crippen molar-refractivity contribution in [2.75, 3.05) is 18.0 Å². The van der Waals surface area contributed by atoms with E-state index in [0.29, 0.717) is 16.3 Å². The number of hydrogen-bond donors (Lipinski definition) is 0. The number of carbonyl (C=O) groups excluding carboxylic acids is 1. The Balaban J connectivity index is 1.81. The standard InChI is InChI=1S/C15H16BrN4OS/c1-9-12(6-10(16)7-18-9)14(21)15-19-13(8-22-15)20-4-2-11(17)3-5-20/h6-8,11,17H,2-5H2,1H3. The summed E-state index contributed by atoms with van der Waals surface area (Å²) >= 11 is 4.72. The lowest BCUT2D eigenvalue weighted by atomic mass is 10.1. The third kappa shape index (κ3) is 3.21. The highest BCUT2D eigenvalue weighted by molar-refractivity contribution is 9.10. The second kappa shape index (κ2) is 6.44. The van der Waals surface area contributed by atoms with E-state index in [1.54, 1.807) is 12.3 Å². The van der Waals surface area contributed by atoms with Crippen molar-refractivity contribution in [1.82, 2.24) is 15.7 Å². The van der Waals surface area contributed by atoms with Crippen LogP contribution in [-0.4, -0.2) is 34.9 Å². The molecular weight excluding hydrogens is 364 g/mol. The van der Waals surface area contributed by atoms with Gasteiger partial charge in [-0.2, -0.15) is 0 Å². The maximum atomic E-state index is 12.6. The van der Waals surface area contributed by atoms with Crippen molar-refractivity contribution >= 4 is 38.9 Å². The van der Waals surface area contributed by atoms with Crippen molar-refractivity contribution in [3.63, 3.8) is 0 Å². The van der Waals surface area contributed by atoms with Gasteiger partial charge in [-0.05, 0) is 41.8 Å². The molecule has 3 heterocycles. The fraction of sp³-hybridized carbons (Fsp3) is 0.400. The molecule has 0 atom stereocenters. The van der Waals surface area contributed by atoms with E-state index in [1.807, 2.05) is 12.3 Å². The Bertz CT molecular complexity index is 695. The van der Waals surface area contributed by atoms with Gasteiger partial charge in [-0.25, -0.2) is 4.98 Å². The first kappa shape index (κ1) is 15.6. The van der Waals surface area contributed by atoms with Crippen LogP contribution in [0.1, 0.15) is 33.9 Å². The van der Waals surface area contributed by atoms with E-state index >= 15 is 0 Å². The molecule has 115 valence electrons. The summed E-state index contributed by atoms with van der Waals surface area (Å²) in [5, 5.41) is 2.42. The third-order valence-corrected chi connectivity index (χ3v) is 5.07. The van der Waals surface area contributed by atoms with Crippen LogP contribution in [0.3, 0.4) is 0 Å². The Kier molecular flexibility index (Phi) is 4.56. The average Bonchev–Trinajstić information content (AvgIpc) is 2.99. The normalized spacial score (nSPS) is 16.0. The summed E-state index contributed by atoms with van der Waals surface area (Å²) in [6, 6.07) is 1.82. The monoisotopic (exact) mass is 379 g/mol. The summed E-state index contributed by atoms with van der Waals surface area (Å²) in [5.74, 6) is 0.763. The number of piperidine rings is 1. The van der Waals surface area contributed by atoms with E-state index in [9.17, 15) is 4.79 Å². The molecule has 0 saturated carbocycles. The first-order valence-electron chi connectivity index (χ1n) is 7.13. The van der Waals surface area contributed by atoms with E-state index in [-0.39, 0.29) is 11.8 Å². The average molecular weight is 380 g/mol. The van der Waals surface area contributed by atoms with E-state index in [0.717, 1.165) is 36.2 Å². The SMILES string of the molecule is Cc1ncc(Br)cc1C(=O)c1nc(N2CCC([NH])CC2)cs1. The van der Waals surface area contributed by atoms with Gasteiger partial charge in [0.05, 0.1) is 0 Å². The maximum Gasteiger partial charge on any atom is 0.223 e. The molecule has 1 aliphatic rings. The van der Waals surface area contributed by atoms with Gasteiger partial charge >= 0.3 is 0 Å².